The van der Waals surface area contributed by atoms with E-state index >= 15 is 0 Å². The van der Waals surface area contributed by atoms with Crippen LogP contribution in [0, 0.1) is 0 Å². The first kappa shape index (κ1) is 18.5. The van der Waals surface area contributed by atoms with Crippen molar-refractivity contribution >= 4 is 39.1 Å². The molecule has 128 valence electrons. The van der Waals surface area contributed by atoms with Crippen LogP contribution in [-0.2, 0) is 14.8 Å². The second-order valence-corrected chi connectivity index (χ2v) is 8.75. The molecular formula is C14H19Cl2N3O3S. The number of carbonyl (C=O) groups excluding carboxylic acids is 1. The van der Waals surface area contributed by atoms with Crippen molar-refractivity contribution in [1.29, 1.82) is 0 Å². The van der Waals surface area contributed by atoms with E-state index in [1.54, 1.807) is 18.7 Å². The molecule has 1 amide bonds. The fourth-order valence-electron chi connectivity index (χ4n) is 2.33. The number of halogens is 2. The molecule has 0 bridgehead atoms. The molecule has 0 aliphatic carbocycles. The van der Waals surface area contributed by atoms with Crippen molar-refractivity contribution in [2.24, 2.45) is 5.73 Å². The summed E-state index contributed by atoms with van der Waals surface area (Å²) < 4.78 is 26.6. The third-order valence-electron chi connectivity index (χ3n) is 3.61. The van der Waals surface area contributed by atoms with Crippen molar-refractivity contribution in [2.45, 2.75) is 24.3 Å². The summed E-state index contributed by atoms with van der Waals surface area (Å²) in [6, 6.07) is 4.21. The first-order valence-corrected chi connectivity index (χ1v) is 9.26. The van der Waals surface area contributed by atoms with Gasteiger partial charge < -0.3 is 10.6 Å². The maximum absolute atomic E-state index is 12.6. The first-order chi connectivity index (χ1) is 10.5. The molecule has 1 aromatic carbocycles. The zero-order valence-electron chi connectivity index (χ0n) is 12.9. The number of hydrogen-bond donors (Lipinski definition) is 1. The van der Waals surface area contributed by atoms with Crippen molar-refractivity contribution in [3.63, 3.8) is 0 Å². The maximum Gasteiger partial charge on any atom is 0.243 e. The molecule has 0 radical (unpaired) electrons. The van der Waals surface area contributed by atoms with Gasteiger partial charge in [0.25, 0.3) is 0 Å². The molecule has 1 aromatic rings. The fourth-order valence-corrected chi connectivity index (χ4v) is 4.14. The van der Waals surface area contributed by atoms with Gasteiger partial charge in [-0.3, -0.25) is 4.79 Å². The lowest BCUT2D eigenvalue weighted by Gasteiger charge is -2.36. The molecule has 0 atom stereocenters. The van der Waals surface area contributed by atoms with E-state index in [2.05, 4.69) is 0 Å². The summed E-state index contributed by atoms with van der Waals surface area (Å²) in [5.41, 5.74) is 4.83. The summed E-state index contributed by atoms with van der Waals surface area (Å²) in [4.78, 5) is 13.8. The summed E-state index contributed by atoms with van der Waals surface area (Å²) in [6.45, 7) is 4.30. The Hall–Kier alpha value is -0.860. The molecule has 23 heavy (non-hydrogen) atoms. The molecule has 1 heterocycles. The van der Waals surface area contributed by atoms with Gasteiger partial charge in [-0.2, -0.15) is 4.31 Å². The van der Waals surface area contributed by atoms with Gasteiger partial charge in [-0.25, -0.2) is 8.42 Å². The van der Waals surface area contributed by atoms with Crippen molar-refractivity contribution in [1.82, 2.24) is 9.21 Å². The van der Waals surface area contributed by atoms with Crippen LogP contribution in [0.3, 0.4) is 0 Å². The van der Waals surface area contributed by atoms with E-state index in [1.165, 1.54) is 22.5 Å². The van der Waals surface area contributed by atoms with Gasteiger partial charge in [0.1, 0.15) is 0 Å². The standard InChI is InChI=1S/C14H19Cl2N3O3S/c1-14(2,17)13(20)18-5-7-19(8-6-18)23(21,22)10-3-4-11(15)12(16)9-10/h3-4,9H,5-8,17H2,1-2H3. The van der Waals surface area contributed by atoms with Crippen molar-refractivity contribution in [2.75, 3.05) is 26.2 Å². The monoisotopic (exact) mass is 379 g/mol. The van der Waals surface area contributed by atoms with Crippen LogP contribution in [0.15, 0.2) is 23.1 Å². The Morgan fingerprint density at radius 2 is 1.70 bits per heavy atom. The summed E-state index contributed by atoms with van der Waals surface area (Å²) in [7, 11) is -3.66. The predicted octanol–water partition coefficient (Wildman–Crippen LogP) is 1.56. The molecule has 0 unspecified atom stereocenters. The van der Waals surface area contributed by atoms with Gasteiger partial charge in [-0.05, 0) is 32.0 Å². The van der Waals surface area contributed by atoms with E-state index < -0.39 is 15.6 Å². The lowest BCUT2D eigenvalue weighted by Crippen LogP contribution is -2.57. The number of rotatable bonds is 3. The summed E-state index contributed by atoms with van der Waals surface area (Å²) in [5.74, 6) is -0.191. The molecule has 1 aliphatic heterocycles. The van der Waals surface area contributed by atoms with Crippen LogP contribution < -0.4 is 5.73 Å². The van der Waals surface area contributed by atoms with Crippen molar-refractivity contribution in [3.8, 4) is 0 Å². The van der Waals surface area contributed by atoms with Crippen LogP contribution in [0.25, 0.3) is 0 Å². The summed E-state index contributed by atoms with van der Waals surface area (Å²) in [6.07, 6.45) is 0. The summed E-state index contributed by atoms with van der Waals surface area (Å²) in [5, 5.41) is 0.484. The van der Waals surface area contributed by atoms with Crippen LogP contribution in [-0.4, -0.2) is 55.2 Å². The number of benzene rings is 1. The average molecular weight is 380 g/mol. The molecule has 1 fully saturated rings. The van der Waals surface area contributed by atoms with Gasteiger partial charge in [0.2, 0.25) is 15.9 Å². The van der Waals surface area contributed by atoms with Crippen LogP contribution in [0.4, 0.5) is 0 Å². The number of hydrogen-bond acceptors (Lipinski definition) is 4. The van der Waals surface area contributed by atoms with Gasteiger partial charge in [-0.15, -0.1) is 0 Å². The number of piperazine rings is 1. The quantitative estimate of drug-likeness (QED) is 0.863. The SMILES string of the molecule is CC(C)(N)C(=O)N1CCN(S(=O)(=O)c2ccc(Cl)c(Cl)c2)CC1. The summed E-state index contributed by atoms with van der Waals surface area (Å²) >= 11 is 11.7. The second-order valence-electron chi connectivity index (χ2n) is 5.99. The number of nitrogens with zero attached hydrogens (tertiary/aromatic N) is 2. The Labute approximate surface area is 146 Å². The van der Waals surface area contributed by atoms with Gasteiger partial charge in [0, 0.05) is 26.2 Å². The Morgan fingerprint density at radius 3 is 2.17 bits per heavy atom. The van der Waals surface area contributed by atoms with E-state index in [1.807, 2.05) is 0 Å². The highest BCUT2D eigenvalue weighted by molar-refractivity contribution is 7.89. The van der Waals surface area contributed by atoms with E-state index in [9.17, 15) is 13.2 Å². The highest BCUT2D eigenvalue weighted by Gasteiger charge is 2.34. The van der Waals surface area contributed by atoms with Gasteiger partial charge in [0.15, 0.2) is 0 Å². The van der Waals surface area contributed by atoms with Gasteiger partial charge in [-0.1, -0.05) is 23.2 Å². The number of amides is 1. The smallest absolute Gasteiger partial charge is 0.243 e. The lowest BCUT2D eigenvalue weighted by molar-refractivity contribution is -0.137. The average Bonchev–Trinajstić information content (AvgIpc) is 2.48. The lowest BCUT2D eigenvalue weighted by atomic mass is 10.1. The third-order valence-corrected chi connectivity index (χ3v) is 6.24. The Bertz CT molecular complexity index is 708. The van der Waals surface area contributed by atoms with Gasteiger partial charge >= 0.3 is 0 Å². The Kier molecular flexibility index (Phi) is 5.27. The fraction of sp³-hybridized carbons (Fsp3) is 0.500. The minimum absolute atomic E-state index is 0.0887. The van der Waals surface area contributed by atoms with Crippen molar-refractivity contribution in [3.05, 3.63) is 28.2 Å². The molecule has 2 rings (SSSR count). The minimum atomic E-state index is -3.66. The predicted molar refractivity (Wildman–Crippen MR) is 90.1 cm³/mol. The normalized spacial score (nSPS) is 17.3. The molecular weight excluding hydrogens is 361 g/mol. The Balaban J connectivity index is 2.12. The first-order valence-electron chi connectivity index (χ1n) is 7.07. The molecule has 9 heteroatoms. The molecule has 2 N–H and O–H groups in total. The topological polar surface area (TPSA) is 83.7 Å². The van der Waals surface area contributed by atoms with E-state index in [0.29, 0.717) is 18.1 Å². The number of carbonyl (C=O) groups is 1. The zero-order chi connectivity index (χ0) is 17.4. The van der Waals surface area contributed by atoms with E-state index in [4.69, 9.17) is 28.9 Å². The van der Waals surface area contributed by atoms with Gasteiger partial charge in [0.05, 0.1) is 20.5 Å². The largest absolute Gasteiger partial charge is 0.338 e. The third kappa shape index (κ3) is 3.97. The Morgan fingerprint density at radius 1 is 1.13 bits per heavy atom. The molecule has 1 saturated heterocycles. The highest BCUT2D eigenvalue weighted by Crippen LogP contribution is 2.27. The molecule has 6 nitrogen and oxygen atoms in total. The maximum atomic E-state index is 12.6. The van der Waals surface area contributed by atoms with Crippen LogP contribution in [0.5, 0.6) is 0 Å². The van der Waals surface area contributed by atoms with E-state index in [-0.39, 0.29) is 28.9 Å². The second kappa shape index (κ2) is 6.57. The van der Waals surface area contributed by atoms with Crippen LogP contribution in [0.2, 0.25) is 10.0 Å². The molecule has 1 aliphatic rings. The number of nitrogens with two attached hydrogens (primary N) is 1. The molecule has 0 aromatic heterocycles. The van der Waals surface area contributed by atoms with Crippen LogP contribution in [0.1, 0.15) is 13.8 Å². The zero-order valence-corrected chi connectivity index (χ0v) is 15.2. The highest BCUT2D eigenvalue weighted by atomic mass is 35.5. The van der Waals surface area contributed by atoms with Crippen LogP contribution >= 0.6 is 23.2 Å². The van der Waals surface area contributed by atoms with E-state index in [0.717, 1.165) is 0 Å². The van der Waals surface area contributed by atoms with Crippen molar-refractivity contribution < 1.29 is 13.2 Å². The molecule has 0 spiro atoms. The number of sulfonamides is 1. The molecule has 0 saturated carbocycles. The minimum Gasteiger partial charge on any atom is -0.338 e.